The van der Waals surface area contributed by atoms with Gasteiger partial charge in [0.15, 0.2) is 16.7 Å². The van der Waals surface area contributed by atoms with Gasteiger partial charge in [-0.1, -0.05) is 42.1 Å². The first kappa shape index (κ1) is 22.1. The molecule has 0 aliphatic carbocycles. The van der Waals surface area contributed by atoms with Crippen molar-refractivity contribution >= 4 is 40.1 Å². The Bertz CT molecular complexity index is 1010. The van der Waals surface area contributed by atoms with Crippen LogP contribution in [0.15, 0.2) is 52.9 Å². The zero-order valence-corrected chi connectivity index (χ0v) is 19.1. The number of carbonyl (C=O) groups excluding carboxylic acids is 1. The Balaban J connectivity index is 2.12. The van der Waals surface area contributed by atoms with Gasteiger partial charge < -0.3 is 14.2 Å². The molecule has 0 N–H and O–H groups in total. The first-order chi connectivity index (χ1) is 14.2. The fourth-order valence-electron chi connectivity index (χ4n) is 3.04. The van der Waals surface area contributed by atoms with Crippen molar-refractivity contribution < 1.29 is 19.0 Å². The molecular formula is C22H23ClN2O4S. The summed E-state index contributed by atoms with van der Waals surface area (Å²) in [5.41, 5.74) is 0.289. The summed E-state index contributed by atoms with van der Waals surface area (Å²) in [7, 11) is 4.53. The van der Waals surface area contributed by atoms with Crippen LogP contribution in [-0.2, 0) is 0 Å². The molecule has 0 atom stereocenters. The highest BCUT2D eigenvalue weighted by molar-refractivity contribution is 8.17. The number of hydrogen-bond acceptors (Lipinski definition) is 6. The van der Waals surface area contributed by atoms with Crippen LogP contribution in [0, 0.1) is 0 Å². The molecule has 0 aromatic heterocycles. The van der Waals surface area contributed by atoms with E-state index in [2.05, 4.69) is 11.6 Å². The molecular weight excluding hydrogens is 424 g/mol. The maximum Gasteiger partial charge on any atom is 0.260 e. The molecule has 158 valence electrons. The standard InChI is InChI=1S/C22H23ClN2O4S/c1-13-22(2,3)25(21(30-13)24-16-10-8-7-9-15(16)23)20(26)14-11-17(27-4)19(29-6)18(12-14)28-5/h7-12H,1H2,2-6H3. The molecule has 0 spiro atoms. The monoisotopic (exact) mass is 446 g/mol. The van der Waals surface area contributed by atoms with Gasteiger partial charge in [-0.25, -0.2) is 4.99 Å². The summed E-state index contributed by atoms with van der Waals surface area (Å²) < 4.78 is 16.2. The molecule has 1 amide bonds. The van der Waals surface area contributed by atoms with Crippen molar-refractivity contribution in [3.63, 3.8) is 0 Å². The highest BCUT2D eigenvalue weighted by atomic mass is 35.5. The van der Waals surface area contributed by atoms with Gasteiger partial charge in [0.25, 0.3) is 5.91 Å². The number of methoxy groups -OCH3 is 3. The van der Waals surface area contributed by atoms with E-state index in [1.54, 1.807) is 29.2 Å². The number of amides is 1. The lowest BCUT2D eigenvalue weighted by molar-refractivity contribution is 0.0780. The largest absolute Gasteiger partial charge is 0.493 e. The number of rotatable bonds is 5. The van der Waals surface area contributed by atoms with Gasteiger partial charge in [0.2, 0.25) is 5.75 Å². The summed E-state index contributed by atoms with van der Waals surface area (Å²) in [6.07, 6.45) is 0. The van der Waals surface area contributed by atoms with Gasteiger partial charge in [0.05, 0.1) is 37.6 Å². The molecule has 1 heterocycles. The molecule has 0 radical (unpaired) electrons. The van der Waals surface area contributed by atoms with Crippen LogP contribution in [0.4, 0.5) is 5.69 Å². The van der Waals surface area contributed by atoms with Crippen LogP contribution in [-0.4, -0.2) is 42.8 Å². The van der Waals surface area contributed by atoms with Gasteiger partial charge in [-0.05, 0) is 38.1 Å². The van der Waals surface area contributed by atoms with Crippen molar-refractivity contribution in [3.8, 4) is 17.2 Å². The number of amidine groups is 1. The Labute approximate surface area is 185 Å². The summed E-state index contributed by atoms with van der Waals surface area (Å²) in [6, 6.07) is 10.5. The molecule has 6 nitrogen and oxygen atoms in total. The number of halogens is 1. The summed E-state index contributed by atoms with van der Waals surface area (Å²) >= 11 is 7.63. The average molecular weight is 447 g/mol. The molecule has 1 aliphatic heterocycles. The van der Waals surface area contributed by atoms with Gasteiger partial charge in [0, 0.05) is 10.5 Å². The molecule has 2 aromatic rings. The molecule has 0 unspecified atom stereocenters. The van der Waals surface area contributed by atoms with E-state index in [9.17, 15) is 4.79 Å². The van der Waals surface area contributed by atoms with E-state index >= 15 is 0 Å². The Morgan fingerprint density at radius 1 is 1.10 bits per heavy atom. The van der Waals surface area contributed by atoms with Gasteiger partial charge in [-0.2, -0.15) is 0 Å². The Morgan fingerprint density at radius 2 is 1.70 bits per heavy atom. The number of nitrogens with zero attached hydrogens (tertiary/aromatic N) is 2. The van der Waals surface area contributed by atoms with Gasteiger partial charge in [-0.15, -0.1) is 0 Å². The van der Waals surface area contributed by atoms with Crippen molar-refractivity contribution in [3.05, 3.63) is 58.5 Å². The number of aliphatic imine (C=N–C) groups is 1. The third kappa shape index (κ3) is 3.87. The molecule has 0 bridgehead atoms. The Hall–Kier alpha value is -2.64. The Kier molecular flexibility index (Phi) is 6.33. The van der Waals surface area contributed by atoms with Crippen molar-refractivity contribution in [2.24, 2.45) is 4.99 Å². The SMILES string of the molecule is C=C1SC(=Nc2ccccc2Cl)N(C(=O)c2cc(OC)c(OC)c(OC)c2)C1(C)C. The van der Waals surface area contributed by atoms with E-state index in [0.29, 0.717) is 38.7 Å². The van der Waals surface area contributed by atoms with Crippen molar-refractivity contribution in [2.75, 3.05) is 21.3 Å². The minimum Gasteiger partial charge on any atom is -0.493 e. The summed E-state index contributed by atoms with van der Waals surface area (Å²) in [5, 5.41) is 0.998. The molecule has 0 saturated carbocycles. The second-order valence-corrected chi connectivity index (χ2v) is 8.45. The van der Waals surface area contributed by atoms with Crippen molar-refractivity contribution in [1.29, 1.82) is 0 Å². The zero-order valence-electron chi connectivity index (χ0n) is 17.5. The van der Waals surface area contributed by atoms with Crippen LogP contribution in [0.5, 0.6) is 17.2 Å². The normalized spacial score (nSPS) is 16.7. The van der Waals surface area contributed by atoms with E-state index in [1.807, 2.05) is 26.0 Å². The third-order valence-corrected chi connectivity index (χ3v) is 6.35. The second kappa shape index (κ2) is 8.62. The van der Waals surface area contributed by atoms with Crippen molar-refractivity contribution in [1.82, 2.24) is 4.90 Å². The quantitative estimate of drug-likeness (QED) is 0.603. The van der Waals surface area contributed by atoms with Gasteiger partial charge >= 0.3 is 0 Å². The molecule has 1 fully saturated rings. The lowest BCUT2D eigenvalue weighted by Gasteiger charge is -2.31. The maximum atomic E-state index is 13.6. The molecule has 1 aliphatic rings. The van der Waals surface area contributed by atoms with Crippen LogP contribution < -0.4 is 14.2 Å². The van der Waals surface area contributed by atoms with Crippen LogP contribution in [0.1, 0.15) is 24.2 Å². The van der Waals surface area contributed by atoms with Crippen LogP contribution in [0.2, 0.25) is 5.02 Å². The van der Waals surface area contributed by atoms with Crippen LogP contribution in [0.25, 0.3) is 0 Å². The number of thioether (sulfide) groups is 1. The number of hydrogen-bond donors (Lipinski definition) is 0. The first-order valence-electron chi connectivity index (χ1n) is 9.09. The van der Waals surface area contributed by atoms with Gasteiger partial charge in [0.1, 0.15) is 0 Å². The van der Waals surface area contributed by atoms with Gasteiger partial charge in [-0.3, -0.25) is 9.69 Å². The molecule has 30 heavy (non-hydrogen) atoms. The number of carbonyl (C=O) groups is 1. The van der Waals surface area contributed by atoms with E-state index in [0.717, 1.165) is 4.91 Å². The lowest BCUT2D eigenvalue weighted by atomic mass is 10.0. The number of ether oxygens (including phenoxy) is 3. The molecule has 2 aromatic carbocycles. The highest BCUT2D eigenvalue weighted by Crippen LogP contribution is 2.45. The van der Waals surface area contributed by atoms with Crippen LogP contribution in [0.3, 0.4) is 0 Å². The topological polar surface area (TPSA) is 60.4 Å². The third-order valence-electron chi connectivity index (χ3n) is 4.83. The lowest BCUT2D eigenvalue weighted by Crippen LogP contribution is -2.45. The minimum atomic E-state index is -0.664. The maximum absolute atomic E-state index is 13.6. The zero-order chi connectivity index (χ0) is 22.1. The van der Waals surface area contributed by atoms with E-state index in [-0.39, 0.29) is 5.91 Å². The average Bonchev–Trinajstić information content (AvgIpc) is 2.95. The summed E-state index contributed by atoms with van der Waals surface area (Å²) in [4.78, 5) is 20.7. The van der Waals surface area contributed by atoms with E-state index in [1.165, 1.54) is 33.1 Å². The second-order valence-electron chi connectivity index (χ2n) is 6.98. The smallest absolute Gasteiger partial charge is 0.260 e. The fourth-order valence-corrected chi connectivity index (χ4v) is 4.32. The Morgan fingerprint density at radius 3 is 2.23 bits per heavy atom. The molecule has 8 heteroatoms. The first-order valence-corrected chi connectivity index (χ1v) is 10.3. The summed E-state index contributed by atoms with van der Waals surface area (Å²) in [5.74, 6) is 0.943. The minimum absolute atomic E-state index is 0.267. The van der Waals surface area contributed by atoms with Crippen molar-refractivity contribution in [2.45, 2.75) is 19.4 Å². The fraction of sp³-hybridized carbons (Fsp3) is 0.273. The number of para-hydroxylation sites is 1. The van der Waals surface area contributed by atoms with E-state index < -0.39 is 5.54 Å². The molecule has 3 rings (SSSR count). The molecule has 1 saturated heterocycles. The predicted octanol–water partition coefficient (Wildman–Crippen LogP) is 5.53. The summed E-state index contributed by atoms with van der Waals surface area (Å²) in [6.45, 7) is 7.98. The van der Waals surface area contributed by atoms with E-state index in [4.69, 9.17) is 25.8 Å². The highest BCUT2D eigenvalue weighted by Gasteiger charge is 2.45. The van der Waals surface area contributed by atoms with Crippen LogP contribution >= 0.6 is 23.4 Å². The number of benzene rings is 2. The predicted molar refractivity (Wildman–Crippen MR) is 122 cm³/mol.